The Bertz CT molecular complexity index is 483. The number of anilines is 1. The fourth-order valence-electron chi connectivity index (χ4n) is 2.19. The summed E-state index contributed by atoms with van der Waals surface area (Å²) < 4.78 is 5.64. The zero-order valence-corrected chi connectivity index (χ0v) is 12.0. The average molecular weight is 262 g/mol. The van der Waals surface area contributed by atoms with Gasteiger partial charge in [-0.15, -0.1) is 0 Å². The van der Waals surface area contributed by atoms with Crippen molar-refractivity contribution in [1.82, 2.24) is 5.32 Å². The summed E-state index contributed by atoms with van der Waals surface area (Å²) >= 11 is 0. The van der Waals surface area contributed by atoms with E-state index in [4.69, 9.17) is 4.74 Å². The molecule has 0 radical (unpaired) electrons. The molecule has 0 bridgehead atoms. The van der Waals surface area contributed by atoms with Crippen molar-refractivity contribution < 1.29 is 9.53 Å². The number of benzene rings is 1. The molecule has 1 heterocycles. The Morgan fingerprint density at radius 1 is 1.47 bits per heavy atom. The minimum atomic E-state index is -0.196. The van der Waals surface area contributed by atoms with Gasteiger partial charge in [-0.1, -0.05) is 0 Å². The van der Waals surface area contributed by atoms with E-state index in [-0.39, 0.29) is 17.6 Å². The molecular formula is C15H22N2O2. The molecule has 1 atom stereocenters. The first kappa shape index (κ1) is 13.9. The Labute approximate surface area is 114 Å². The Balaban J connectivity index is 2.01. The van der Waals surface area contributed by atoms with Crippen molar-refractivity contribution in [3.8, 4) is 5.75 Å². The van der Waals surface area contributed by atoms with Crippen LogP contribution >= 0.6 is 0 Å². The van der Waals surface area contributed by atoms with Gasteiger partial charge in [0.2, 0.25) is 5.91 Å². The van der Waals surface area contributed by atoms with Crippen molar-refractivity contribution in [2.24, 2.45) is 0 Å². The highest BCUT2D eigenvalue weighted by Crippen LogP contribution is 2.31. The van der Waals surface area contributed by atoms with Gasteiger partial charge >= 0.3 is 0 Å². The van der Waals surface area contributed by atoms with Gasteiger partial charge < -0.3 is 15.4 Å². The topological polar surface area (TPSA) is 50.4 Å². The second-order valence-electron chi connectivity index (χ2n) is 5.81. The molecule has 0 spiro atoms. The molecule has 1 aromatic rings. The van der Waals surface area contributed by atoms with Crippen LogP contribution in [0.3, 0.4) is 0 Å². The van der Waals surface area contributed by atoms with Crippen LogP contribution in [0.25, 0.3) is 0 Å². The molecule has 2 N–H and O–H groups in total. The minimum Gasteiger partial charge on any atom is -0.490 e. The molecule has 2 rings (SSSR count). The molecule has 0 saturated heterocycles. The largest absolute Gasteiger partial charge is 0.490 e. The highest BCUT2D eigenvalue weighted by molar-refractivity contribution is 5.91. The van der Waals surface area contributed by atoms with Crippen molar-refractivity contribution in [2.75, 3.05) is 12.4 Å². The second-order valence-corrected chi connectivity index (χ2v) is 5.81. The first-order valence-corrected chi connectivity index (χ1v) is 6.68. The van der Waals surface area contributed by atoms with Gasteiger partial charge in [-0.3, -0.25) is 4.79 Å². The maximum Gasteiger partial charge on any atom is 0.226 e. The fourth-order valence-corrected chi connectivity index (χ4v) is 2.19. The van der Waals surface area contributed by atoms with Crippen LogP contribution < -0.4 is 15.4 Å². The van der Waals surface area contributed by atoms with Crippen LogP contribution in [0, 0.1) is 0 Å². The first-order chi connectivity index (χ1) is 8.89. The van der Waals surface area contributed by atoms with E-state index < -0.39 is 0 Å². The number of carbonyl (C=O) groups is 1. The zero-order valence-electron chi connectivity index (χ0n) is 12.0. The summed E-state index contributed by atoms with van der Waals surface area (Å²) in [6.45, 7) is 6.06. The van der Waals surface area contributed by atoms with Crippen molar-refractivity contribution >= 4 is 11.6 Å². The highest BCUT2D eigenvalue weighted by atomic mass is 16.5. The lowest BCUT2D eigenvalue weighted by Gasteiger charge is -2.23. The third-order valence-corrected chi connectivity index (χ3v) is 3.46. The van der Waals surface area contributed by atoms with E-state index in [0.29, 0.717) is 6.42 Å². The SMILES string of the molecule is CNC(C)(C)CC(=O)Nc1ccc2c(c1)CC(C)O2. The van der Waals surface area contributed by atoms with Gasteiger partial charge in [0.25, 0.3) is 0 Å². The van der Waals surface area contributed by atoms with Gasteiger partial charge in [0.05, 0.1) is 0 Å². The van der Waals surface area contributed by atoms with Crippen LogP contribution in [0.1, 0.15) is 32.8 Å². The second kappa shape index (κ2) is 5.21. The molecule has 1 aliphatic rings. The monoisotopic (exact) mass is 262 g/mol. The van der Waals surface area contributed by atoms with Gasteiger partial charge in [-0.2, -0.15) is 0 Å². The number of hydrogen-bond acceptors (Lipinski definition) is 3. The number of amides is 1. The molecule has 0 aromatic heterocycles. The predicted octanol–water partition coefficient (Wildman–Crippen LogP) is 2.34. The van der Waals surface area contributed by atoms with E-state index in [1.54, 1.807) is 0 Å². The molecule has 4 heteroatoms. The van der Waals surface area contributed by atoms with E-state index in [0.717, 1.165) is 23.4 Å². The van der Waals surface area contributed by atoms with Crippen LogP contribution in [-0.2, 0) is 11.2 Å². The van der Waals surface area contributed by atoms with E-state index in [2.05, 4.69) is 10.6 Å². The molecule has 104 valence electrons. The zero-order chi connectivity index (χ0) is 14.0. The van der Waals surface area contributed by atoms with E-state index in [1.165, 1.54) is 0 Å². The summed E-state index contributed by atoms with van der Waals surface area (Å²) in [7, 11) is 1.86. The van der Waals surface area contributed by atoms with Crippen LogP contribution in [0.15, 0.2) is 18.2 Å². The molecule has 0 fully saturated rings. The van der Waals surface area contributed by atoms with Crippen LogP contribution in [-0.4, -0.2) is 24.6 Å². The molecule has 19 heavy (non-hydrogen) atoms. The Morgan fingerprint density at radius 2 is 2.21 bits per heavy atom. The molecule has 1 unspecified atom stereocenters. The normalized spacial score (nSPS) is 17.8. The van der Waals surface area contributed by atoms with Gasteiger partial charge in [-0.05, 0) is 51.6 Å². The van der Waals surface area contributed by atoms with E-state index in [9.17, 15) is 4.79 Å². The maximum absolute atomic E-state index is 12.0. The van der Waals surface area contributed by atoms with Gasteiger partial charge in [0.1, 0.15) is 11.9 Å². The van der Waals surface area contributed by atoms with Crippen molar-refractivity contribution in [3.63, 3.8) is 0 Å². The molecule has 0 aliphatic carbocycles. The fraction of sp³-hybridized carbons (Fsp3) is 0.533. The Hall–Kier alpha value is -1.55. The van der Waals surface area contributed by atoms with Crippen molar-refractivity contribution in [3.05, 3.63) is 23.8 Å². The molecule has 1 amide bonds. The highest BCUT2D eigenvalue weighted by Gasteiger charge is 2.21. The molecule has 1 aromatic carbocycles. The summed E-state index contributed by atoms with van der Waals surface area (Å²) in [6.07, 6.45) is 1.57. The third kappa shape index (κ3) is 3.47. The molecule has 1 aliphatic heterocycles. The maximum atomic E-state index is 12.0. The lowest BCUT2D eigenvalue weighted by molar-refractivity contribution is -0.117. The van der Waals surface area contributed by atoms with Crippen molar-refractivity contribution in [2.45, 2.75) is 45.3 Å². The minimum absolute atomic E-state index is 0.0197. The number of carbonyl (C=O) groups excluding carboxylic acids is 1. The summed E-state index contributed by atoms with van der Waals surface area (Å²) in [5, 5.41) is 6.07. The number of nitrogens with one attached hydrogen (secondary N) is 2. The molecule has 4 nitrogen and oxygen atoms in total. The number of rotatable bonds is 4. The summed E-state index contributed by atoms with van der Waals surface area (Å²) in [6, 6.07) is 5.82. The molecule has 0 saturated carbocycles. The number of ether oxygens (including phenoxy) is 1. The lowest BCUT2D eigenvalue weighted by Crippen LogP contribution is -2.39. The summed E-state index contributed by atoms with van der Waals surface area (Å²) in [4.78, 5) is 12.0. The van der Waals surface area contributed by atoms with Crippen LogP contribution in [0.5, 0.6) is 5.75 Å². The lowest BCUT2D eigenvalue weighted by atomic mass is 10.0. The standard InChI is InChI=1S/C15H22N2O2/c1-10-7-11-8-12(5-6-13(11)19-10)17-14(18)9-15(2,3)16-4/h5-6,8,10,16H,7,9H2,1-4H3,(H,17,18). The smallest absolute Gasteiger partial charge is 0.226 e. The Kier molecular flexibility index (Phi) is 3.80. The number of hydrogen-bond donors (Lipinski definition) is 2. The summed E-state index contributed by atoms with van der Waals surface area (Å²) in [5.74, 6) is 0.951. The molecular weight excluding hydrogens is 240 g/mol. The van der Waals surface area contributed by atoms with Crippen LogP contribution in [0.2, 0.25) is 0 Å². The van der Waals surface area contributed by atoms with Gasteiger partial charge in [-0.25, -0.2) is 0 Å². The van der Waals surface area contributed by atoms with E-state index >= 15 is 0 Å². The average Bonchev–Trinajstić information content (AvgIpc) is 2.67. The predicted molar refractivity (Wildman–Crippen MR) is 76.6 cm³/mol. The van der Waals surface area contributed by atoms with Crippen LogP contribution in [0.4, 0.5) is 5.69 Å². The van der Waals surface area contributed by atoms with E-state index in [1.807, 2.05) is 46.0 Å². The third-order valence-electron chi connectivity index (χ3n) is 3.46. The quantitative estimate of drug-likeness (QED) is 0.875. The first-order valence-electron chi connectivity index (χ1n) is 6.68. The van der Waals surface area contributed by atoms with Gasteiger partial charge in [0.15, 0.2) is 0 Å². The summed E-state index contributed by atoms with van der Waals surface area (Å²) in [5.41, 5.74) is 1.81. The number of fused-ring (bicyclic) bond motifs is 1. The Morgan fingerprint density at radius 3 is 2.89 bits per heavy atom. The van der Waals surface area contributed by atoms with Crippen molar-refractivity contribution in [1.29, 1.82) is 0 Å². The van der Waals surface area contributed by atoms with Gasteiger partial charge in [0, 0.05) is 24.1 Å².